The van der Waals surface area contributed by atoms with Gasteiger partial charge in [-0.2, -0.15) is 0 Å². The van der Waals surface area contributed by atoms with Gasteiger partial charge in [0.1, 0.15) is 0 Å². The number of hydrogen-bond acceptors (Lipinski definition) is 1. The molecule has 2 nitrogen and oxygen atoms in total. The molecule has 1 aromatic heterocycles. The molecule has 7 aromatic rings. The van der Waals surface area contributed by atoms with Crippen LogP contribution in [0.15, 0.2) is 146 Å². The molecule has 0 aliphatic carbocycles. The van der Waals surface area contributed by atoms with E-state index in [1.165, 1.54) is 49.6 Å². The Morgan fingerprint density at radius 3 is 1.87 bits per heavy atom. The van der Waals surface area contributed by atoms with Crippen molar-refractivity contribution in [3.63, 3.8) is 0 Å². The Balaban J connectivity index is 1.47. The zero-order valence-corrected chi connectivity index (χ0v) is 21.8. The average Bonchev–Trinajstić information content (AvgIpc) is 3.31. The molecule has 0 atom stereocenters. The molecule has 0 fully saturated rings. The van der Waals surface area contributed by atoms with Crippen LogP contribution in [0.25, 0.3) is 49.7 Å². The standard InChI is InChI=1S/C37H28N2/c1-26-21-29(27-13-5-2-6-14-27)23-30(22-26)38-35-25-37-34(24-33(35)28-15-7-3-8-16-28)32-19-11-12-20-36(32)39(37)31-17-9-4-10-18-31/h2-25,38H,1H3. The zero-order chi connectivity index (χ0) is 26.2. The number of nitrogens with one attached hydrogen (secondary N) is 1. The number of fused-ring (bicyclic) bond motifs is 3. The van der Waals surface area contributed by atoms with Gasteiger partial charge in [0.2, 0.25) is 0 Å². The van der Waals surface area contributed by atoms with E-state index in [0.717, 1.165) is 17.1 Å². The van der Waals surface area contributed by atoms with E-state index in [1.807, 2.05) is 0 Å². The van der Waals surface area contributed by atoms with Crippen molar-refractivity contribution in [2.45, 2.75) is 6.92 Å². The molecule has 2 heteroatoms. The Morgan fingerprint density at radius 2 is 1.13 bits per heavy atom. The Morgan fingerprint density at radius 1 is 0.487 bits per heavy atom. The summed E-state index contributed by atoms with van der Waals surface area (Å²) in [6.45, 7) is 2.16. The molecule has 0 spiro atoms. The molecule has 0 amide bonds. The molecule has 6 aromatic carbocycles. The molecule has 39 heavy (non-hydrogen) atoms. The van der Waals surface area contributed by atoms with Crippen LogP contribution in [0.4, 0.5) is 11.4 Å². The molecule has 0 aliphatic rings. The number of rotatable bonds is 5. The molecule has 0 bridgehead atoms. The first-order chi connectivity index (χ1) is 19.2. The van der Waals surface area contributed by atoms with Crippen LogP contribution in [0.3, 0.4) is 0 Å². The third-order valence-electron chi connectivity index (χ3n) is 7.37. The lowest BCUT2D eigenvalue weighted by Gasteiger charge is -2.16. The lowest BCUT2D eigenvalue weighted by Crippen LogP contribution is -1.97. The van der Waals surface area contributed by atoms with Crippen LogP contribution in [-0.4, -0.2) is 4.57 Å². The molecular formula is C37H28N2. The lowest BCUT2D eigenvalue weighted by atomic mass is 9.99. The molecule has 7 rings (SSSR count). The van der Waals surface area contributed by atoms with Gasteiger partial charge in [0.15, 0.2) is 0 Å². The number of aromatic nitrogens is 1. The summed E-state index contributed by atoms with van der Waals surface area (Å²) in [4.78, 5) is 0. The van der Waals surface area contributed by atoms with Crippen LogP contribution >= 0.6 is 0 Å². The summed E-state index contributed by atoms with van der Waals surface area (Å²) in [6, 6.07) is 51.9. The van der Waals surface area contributed by atoms with Crippen molar-refractivity contribution in [3.05, 3.63) is 151 Å². The number of nitrogens with zero attached hydrogens (tertiary/aromatic N) is 1. The fourth-order valence-electron chi connectivity index (χ4n) is 5.64. The number of benzene rings is 6. The predicted molar refractivity (Wildman–Crippen MR) is 166 cm³/mol. The van der Waals surface area contributed by atoms with Gasteiger partial charge in [-0.25, -0.2) is 0 Å². The van der Waals surface area contributed by atoms with Gasteiger partial charge in [0.25, 0.3) is 0 Å². The van der Waals surface area contributed by atoms with Gasteiger partial charge < -0.3 is 9.88 Å². The van der Waals surface area contributed by atoms with Gasteiger partial charge in [0.05, 0.1) is 11.0 Å². The maximum atomic E-state index is 3.82. The highest BCUT2D eigenvalue weighted by Gasteiger charge is 2.16. The van der Waals surface area contributed by atoms with Gasteiger partial charge in [-0.3, -0.25) is 0 Å². The Bertz CT molecular complexity index is 1920. The van der Waals surface area contributed by atoms with Gasteiger partial charge >= 0.3 is 0 Å². The third kappa shape index (κ3) is 4.26. The number of hydrogen-bond donors (Lipinski definition) is 1. The minimum atomic E-state index is 1.08. The van der Waals surface area contributed by atoms with Gasteiger partial charge in [-0.15, -0.1) is 0 Å². The SMILES string of the molecule is Cc1cc(Nc2cc3c(cc2-c2ccccc2)c2ccccc2n3-c2ccccc2)cc(-c2ccccc2)c1. The quantitative estimate of drug-likeness (QED) is 0.249. The molecule has 0 unspecified atom stereocenters. The van der Waals surface area contributed by atoms with Crippen molar-refractivity contribution < 1.29 is 0 Å². The van der Waals surface area contributed by atoms with E-state index in [1.54, 1.807) is 0 Å². The van der Waals surface area contributed by atoms with E-state index in [9.17, 15) is 0 Å². The van der Waals surface area contributed by atoms with Crippen LogP contribution in [0.1, 0.15) is 5.56 Å². The van der Waals surface area contributed by atoms with E-state index in [4.69, 9.17) is 0 Å². The summed E-state index contributed by atoms with van der Waals surface area (Å²) >= 11 is 0. The molecule has 0 saturated carbocycles. The van der Waals surface area contributed by atoms with Crippen LogP contribution in [0, 0.1) is 6.92 Å². The predicted octanol–water partition coefficient (Wildman–Crippen LogP) is 10.2. The van der Waals surface area contributed by atoms with E-state index in [2.05, 4.69) is 162 Å². The Hall–Kier alpha value is -5.08. The molecule has 186 valence electrons. The van der Waals surface area contributed by atoms with Crippen molar-refractivity contribution in [2.24, 2.45) is 0 Å². The second kappa shape index (κ2) is 9.66. The van der Waals surface area contributed by atoms with Gasteiger partial charge in [-0.1, -0.05) is 103 Å². The van der Waals surface area contributed by atoms with Crippen molar-refractivity contribution in [1.82, 2.24) is 4.57 Å². The summed E-state index contributed by atoms with van der Waals surface area (Å²) in [5, 5.41) is 6.32. The highest BCUT2D eigenvalue weighted by molar-refractivity contribution is 6.12. The fourth-order valence-corrected chi connectivity index (χ4v) is 5.64. The van der Waals surface area contributed by atoms with Gasteiger partial charge in [-0.05, 0) is 71.6 Å². The van der Waals surface area contributed by atoms with Gasteiger partial charge in [0, 0.05) is 33.4 Å². The molecule has 1 heterocycles. The summed E-state index contributed by atoms with van der Waals surface area (Å²) in [5.74, 6) is 0. The van der Waals surface area contributed by atoms with E-state index >= 15 is 0 Å². The van der Waals surface area contributed by atoms with Crippen molar-refractivity contribution in [2.75, 3.05) is 5.32 Å². The van der Waals surface area contributed by atoms with Crippen molar-refractivity contribution in [1.29, 1.82) is 0 Å². The lowest BCUT2D eigenvalue weighted by molar-refractivity contribution is 1.18. The second-order valence-electron chi connectivity index (χ2n) is 10.0. The number of aryl methyl sites for hydroxylation is 1. The summed E-state index contributed by atoms with van der Waals surface area (Å²) in [5.41, 5.74) is 11.7. The third-order valence-corrected chi connectivity index (χ3v) is 7.37. The molecule has 1 N–H and O–H groups in total. The smallest absolute Gasteiger partial charge is 0.0562 e. The minimum absolute atomic E-state index is 1.08. The van der Waals surface area contributed by atoms with E-state index in [-0.39, 0.29) is 0 Å². The van der Waals surface area contributed by atoms with Crippen LogP contribution in [0.2, 0.25) is 0 Å². The Kier molecular flexibility index (Phi) is 5.71. The summed E-state index contributed by atoms with van der Waals surface area (Å²) < 4.78 is 2.37. The first-order valence-corrected chi connectivity index (χ1v) is 13.4. The first kappa shape index (κ1) is 23.1. The van der Waals surface area contributed by atoms with E-state index in [0.29, 0.717) is 0 Å². The maximum Gasteiger partial charge on any atom is 0.0562 e. The number of para-hydroxylation sites is 2. The van der Waals surface area contributed by atoms with Crippen molar-refractivity contribution in [3.8, 4) is 27.9 Å². The van der Waals surface area contributed by atoms with Crippen LogP contribution in [0.5, 0.6) is 0 Å². The molecule has 0 saturated heterocycles. The van der Waals surface area contributed by atoms with Crippen LogP contribution < -0.4 is 5.32 Å². The summed E-state index contributed by atoms with van der Waals surface area (Å²) in [7, 11) is 0. The zero-order valence-electron chi connectivity index (χ0n) is 21.8. The molecule has 0 radical (unpaired) electrons. The Labute approximate surface area is 228 Å². The second-order valence-corrected chi connectivity index (χ2v) is 10.0. The van der Waals surface area contributed by atoms with E-state index < -0.39 is 0 Å². The summed E-state index contributed by atoms with van der Waals surface area (Å²) in [6.07, 6.45) is 0. The maximum absolute atomic E-state index is 3.82. The highest BCUT2D eigenvalue weighted by atomic mass is 15.0. The average molecular weight is 501 g/mol. The highest BCUT2D eigenvalue weighted by Crippen LogP contribution is 2.40. The van der Waals surface area contributed by atoms with Crippen molar-refractivity contribution >= 4 is 33.2 Å². The fraction of sp³-hybridized carbons (Fsp3) is 0.0270. The van der Waals surface area contributed by atoms with Crippen LogP contribution in [-0.2, 0) is 0 Å². The minimum Gasteiger partial charge on any atom is -0.355 e. The number of anilines is 2. The molecule has 0 aliphatic heterocycles. The normalized spacial score (nSPS) is 11.2. The molecular weight excluding hydrogens is 472 g/mol. The topological polar surface area (TPSA) is 17.0 Å². The first-order valence-electron chi connectivity index (χ1n) is 13.4. The largest absolute Gasteiger partial charge is 0.355 e. The monoisotopic (exact) mass is 500 g/mol.